The summed E-state index contributed by atoms with van der Waals surface area (Å²) in [5, 5.41) is 0. The van der Waals surface area contributed by atoms with Gasteiger partial charge in [0.05, 0.1) is 0 Å². The molecule has 0 aromatic heterocycles. The molecule has 1 heterocycles. The van der Waals surface area contributed by atoms with Crippen molar-refractivity contribution in [2.45, 2.75) is 45.6 Å². The van der Waals surface area contributed by atoms with Crippen LogP contribution in [0.1, 0.15) is 39.5 Å². The van der Waals surface area contributed by atoms with E-state index in [2.05, 4.69) is 23.6 Å². The number of amides is 1. The van der Waals surface area contributed by atoms with Crippen LogP contribution in [0.3, 0.4) is 0 Å². The van der Waals surface area contributed by atoms with Crippen molar-refractivity contribution in [1.82, 2.24) is 9.80 Å². The first-order valence-corrected chi connectivity index (χ1v) is 7.90. The molecule has 0 aromatic rings. The number of nitrogens with two attached hydrogens (primary N) is 1. The van der Waals surface area contributed by atoms with Crippen molar-refractivity contribution in [3.05, 3.63) is 0 Å². The van der Waals surface area contributed by atoms with E-state index >= 15 is 0 Å². The topological polar surface area (TPSA) is 49.6 Å². The van der Waals surface area contributed by atoms with Crippen LogP contribution in [0.5, 0.6) is 0 Å². The highest BCUT2D eigenvalue weighted by atomic mass is 16.2. The van der Waals surface area contributed by atoms with Crippen LogP contribution in [0.4, 0.5) is 0 Å². The first-order valence-electron chi connectivity index (χ1n) is 7.90. The van der Waals surface area contributed by atoms with Gasteiger partial charge in [0.25, 0.3) is 0 Å². The number of nitrogens with zero attached hydrogens (tertiary/aromatic N) is 2. The molecular formula is C15H29N3O. The molecule has 1 amide bonds. The molecule has 4 nitrogen and oxygen atoms in total. The van der Waals surface area contributed by atoms with Crippen LogP contribution in [0, 0.1) is 11.8 Å². The molecule has 2 aliphatic rings. The van der Waals surface area contributed by atoms with Crippen molar-refractivity contribution in [2.24, 2.45) is 17.6 Å². The molecule has 0 aromatic carbocycles. The van der Waals surface area contributed by atoms with Gasteiger partial charge in [-0.15, -0.1) is 0 Å². The van der Waals surface area contributed by atoms with E-state index in [1.165, 1.54) is 12.8 Å². The Balaban J connectivity index is 1.79. The zero-order chi connectivity index (χ0) is 13.8. The summed E-state index contributed by atoms with van der Waals surface area (Å²) in [5.41, 5.74) is 5.68. The van der Waals surface area contributed by atoms with Crippen LogP contribution in [-0.4, -0.2) is 54.5 Å². The minimum absolute atomic E-state index is 0.248. The Bertz CT molecular complexity index is 296. The molecule has 2 N–H and O–H groups in total. The van der Waals surface area contributed by atoms with Gasteiger partial charge < -0.3 is 10.6 Å². The van der Waals surface area contributed by atoms with E-state index in [4.69, 9.17) is 5.73 Å². The highest BCUT2D eigenvalue weighted by Gasteiger charge is 2.36. The standard InChI is InChI=1S/C15H29N3O/c1-3-14(6-7-16)17-8-10-18(11-9-17)15(19)12(2)13-4-5-13/h12-14H,3-11,16H2,1-2H3. The Kier molecular flexibility index (Phi) is 5.22. The summed E-state index contributed by atoms with van der Waals surface area (Å²) < 4.78 is 0. The predicted octanol–water partition coefficient (Wildman–Crippen LogP) is 1.30. The maximum Gasteiger partial charge on any atom is 0.225 e. The van der Waals surface area contributed by atoms with Gasteiger partial charge in [-0.25, -0.2) is 0 Å². The van der Waals surface area contributed by atoms with Crippen molar-refractivity contribution in [3.8, 4) is 0 Å². The molecule has 1 aliphatic heterocycles. The Morgan fingerprint density at radius 1 is 1.26 bits per heavy atom. The van der Waals surface area contributed by atoms with Crippen LogP contribution in [-0.2, 0) is 4.79 Å². The van der Waals surface area contributed by atoms with E-state index in [0.717, 1.165) is 45.6 Å². The number of carbonyl (C=O) groups excluding carboxylic acids is 1. The zero-order valence-electron chi connectivity index (χ0n) is 12.5. The molecule has 2 atom stereocenters. The smallest absolute Gasteiger partial charge is 0.225 e. The van der Waals surface area contributed by atoms with Crippen LogP contribution in [0.2, 0.25) is 0 Å². The number of piperazine rings is 1. The number of rotatable bonds is 6. The monoisotopic (exact) mass is 267 g/mol. The third-order valence-electron chi connectivity index (χ3n) is 4.83. The first-order chi connectivity index (χ1) is 9.17. The van der Waals surface area contributed by atoms with Crippen LogP contribution >= 0.6 is 0 Å². The van der Waals surface area contributed by atoms with Crippen LogP contribution < -0.4 is 5.73 Å². The lowest BCUT2D eigenvalue weighted by Crippen LogP contribution is -2.53. The molecule has 110 valence electrons. The Morgan fingerprint density at radius 2 is 1.89 bits per heavy atom. The van der Waals surface area contributed by atoms with Gasteiger partial charge in [-0.05, 0) is 38.1 Å². The first kappa shape index (κ1) is 14.8. The third-order valence-corrected chi connectivity index (χ3v) is 4.83. The highest BCUT2D eigenvalue weighted by molar-refractivity contribution is 5.79. The van der Waals surface area contributed by atoms with E-state index in [1.54, 1.807) is 0 Å². The Labute approximate surface area is 117 Å². The van der Waals surface area contributed by atoms with Crippen LogP contribution in [0.15, 0.2) is 0 Å². The average Bonchev–Trinajstić information content (AvgIpc) is 3.28. The minimum atomic E-state index is 0.248. The van der Waals surface area contributed by atoms with E-state index in [0.29, 0.717) is 17.9 Å². The second-order valence-electron chi connectivity index (χ2n) is 6.13. The number of hydrogen-bond donors (Lipinski definition) is 1. The molecular weight excluding hydrogens is 238 g/mol. The second kappa shape index (κ2) is 6.71. The molecule has 0 radical (unpaired) electrons. The van der Waals surface area contributed by atoms with Gasteiger partial charge in [-0.2, -0.15) is 0 Å². The lowest BCUT2D eigenvalue weighted by molar-refractivity contribution is -0.137. The van der Waals surface area contributed by atoms with Gasteiger partial charge >= 0.3 is 0 Å². The molecule has 19 heavy (non-hydrogen) atoms. The summed E-state index contributed by atoms with van der Waals surface area (Å²) in [7, 11) is 0. The molecule has 2 unspecified atom stereocenters. The summed E-state index contributed by atoms with van der Waals surface area (Å²) in [4.78, 5) is 16.9. The largest absolute Gasteiger partial charge is 0.340 e. The van der Waals surface area contributed by atoms with Crippen molar-refractivity contribution in [1.29, 1.82) is 0 Å². The zero-order valence-corrected chi connectivity index (χ0v) is 12.5. The maximum absolute atomic E-state index is 12.3. The van der Waals surface area contributed by atoms with Gasteiger partial charge in [-0.3, -0.25) is 9.69 Å². The molecule has 1 saturated heterocycles. The normalized spacial score (nSPS) is 24.3. The van der Waals surface area contributed by atoms with Gasteiger partial charge in [-0.1, -0.05) is 13.8 Å². The molecule has 2 rings (SSSR count). The van der Waals surface area contributed by atoms with E-state index < -0.39 is 0 Å². The van der Waals surface area contributed by atoms with Crippen LogP contribution in [0.25, 0.3) is 0 Å². The Morgan fingerprint density at radius 3 is 2.37 bits per heavy atom. The molecule has 2 fully saturated rings. The van der Waals surface area contributed by atoms with Gasteiger partial charge in [0, 0.05) is 38.1 Å². The fourth-order valence-electron chi connectivity index (χ4n) is 3.23. The van der Waals surface area contributed by atoms with E-state index in [-0.39, 0.29) is 5.92 Å². The minimum Gasteiger partial charge on any atom is -0.340 e. The number of carbonyl (C=O) groups is 1. The summed E-state index contributed by atoms with van der Waals surface area (Å²) >= 11 is 0. The maximum atomic E-state index is 12.3. The van der Waals surface area contributed by atoms with Gasteiger partial charge in [0.1, 0.15) is 0 Å². The van der Waals surface area contributed by atoms with E-state index in [1.807, 2.05) is 0 Å². The van der Waals surface area contributed by atoms with Crippen molar-refractivity contribution in [2.75, 3.05) is 32.7 Å². The van der Waals surface area contributed by atoms with Gasteiger partial charge in [0.2, 0.25) is 5.91 Å². The van der Waals surface area contributed by atoms with Crippen molar-refractivity contribution < 1.29 is 4.79 Å². The quantitative estimate of drug-likeness (QED) is 0.789. The fourth-order valence-corrected chi connectivity index (χ4v) is 3.23. The van der Waals surface area contributed by atoms with Crippen molar-refractivity contribution >= 4 is 5.91 Å². The summed E-state index contributed by atoms with van der Waals surface area (Å²) in [5.74, 6) is 1.30. The lowest BCUT2D eigenvalue weighted by atomic mass is 10.0. The summed E-state index contributed by atoms with van der Waals surface area (Å²) in [6.07, 6.45) is 4.73. The molecule has 1 aliphatic carbocycles. The summed E-state index contributed by atoms with van der Waals surface area (Å²) in [6.45, 7) is 8.93. The SMILES string of the molecule is CCC(CCN)N1CCN(C(=O)C(C)C2CC2)CC1. The van der Waals surface area contributed by atoms with Gasteiger partial charge in [0.15, 0.2) is 0 Å². The Hall–Kier alpha value is -0.610. The van der Waals surface area contributed by atoms with Crippen molar-refractivity contribution in [3.63, 3.8) is 0 Å². The molecule has 4 heteroatoms. The lowest BCUT2D eigenvalue weighted by Gasteiger charge is -2.40. The average molecular weight is 267 g/mol. The summed E-state index contributed by atoms with van der Waals surface area (Å²) in [6, 6.07) is 0.600. The number of hydrogen-bond acceptors (Lipinski definition) is 3. The fraction of sp³-hybridized carbons (Fsp3) is 0.933. The third kappa shape index (κ3) is 3.69. The van der Waals surface area contributed by atoms with E-state index in [9.17, 15) is 4.79 Å². The molecule has 1 saturated carbocycles. The molecule has 0 spiro atoms. The highest BCUT2D eigenvalue weighted by Crippen LogP contribution is 2.37. The molecule has 0 bridgehead atoms. The second-order valence-corrected chi connectivity index (χ2v) is 6.13. The predicted molar refractivity (Wildman–Crippen MR) is 77.8 cm³/mol.